The van der Waals surface area contributed by atoms with Crippen molar-refractivity contribution in [3.05, 3.63) is 24.3 Å². The predicted octanol–water partition coefficient (Wildman–Crippen LogP) is 1.98. The van der Waals surface area contributed by atoms with Gasteiger partial charge in [-0.2, -0.15) is 0 Å². The lowest BCUT2D eigenvalue weighted by atomic mass is 10.3. The Balaban J connectivity index is 2.65. The van der Waals surface area contributed by atoms with E-state index in [-0.39, 0.29) is 5.69 Å². The lowest BCUT2D eigenvalue weighted by molar-refractivity contribution is -0.274. The third-order valence-electron chi connectivity index (χ3n) is 1.53. The van der Waals surface area contributed by atoms with Gasteiger partial charge in [0.15, 0.2) is 0 Å². The van der Waals surface area contributed by atoms with Crippen molar-refractivity contribution < 1.29 is 27.9 Å². The predicted molar refractivity (Wildman–Crippen MR) is 52.0 cm³/mol. The molecule has 0 radical (unpaired) electrons. The van der Waals surface area contributed by atoms with E-state index < -0.39 is 18.0 Å². The molecule has 17 heavy (non-hydrogen) atoms. The molecule has 8 heteroatoms. The number of carbonyl (C=O) groups is 1. The Kier molecular flexibility index (Phi) is 3.91. The van der Waals surface area contributed by atoms with Crippen LogP contribution in [-0.4, -0.2) is 23.7 Å². The van der Waals surface area contributed by atoms with Crippen molar-refractivity contribution in [2.24, 2.45) is 5.16 Å². The normalized spacial score (nSPS) is 11.5. The molecule has 92 valence electrons. The number of alkyl halides is 3. The molecule has 0 atom stereocenters. The maximum atomic E-state index is 11.8. The molecule has 0 heterocycles. The summed E-state index contributed by atoms with van der Waals surface area (Å²) in [6, 6.07) is 4.51. The van der Waals surface area contributed by atoms with Crippen molar-refractivity contribution in [3.8, 4) is 5.75 Å². The van der Waals surface area contributed by atoms with Crippen molar-refractivity contribution >= 4 is 17.8 Å². The van der Waals surface area contributed by atoms with E-state index in [0.717, 1.165) is 12.1 Å². The maximum absolute atomic E-state index is 11.8. The van der Waals surface area contributed by atoms with E-state index in [4.69, 9.17) is 5.21 Å². The smallest absolute Gasteiger partial charge is 0.411 e. The molecular weight excluding hydrogens is 241 g/mol. The first kappa shape index (κ1) is 12.8. The number of rotatable bonds is 3. The Morgan fingerprint density at radius 1 is 1.35 bits per heavy atom. The largest absolute Gasteiger partial charge is 0.573 e. The highest BCUT2D eigenvalue weighted by atomic mass is 19.4. The fourth-order valence-corrected chi connectivity index (χ4v) is 0.967. The molecule has 5 nitrogen and oxygen atoms in total. The molecule has 1 aromatic carbocycles. The highest BCUT2D eigenvalue weighted by Crippen LogP contribution is 2.23. The molecule has 0 fully saturated rings. The minimum atomic E-state index is -4.76. The molecule has 0 saturated carbocycles. The quantitative estimate of drug-likeness (QED) is 0.488. The number of anilines is 1. The number of amides is 1. The highest BCUT2D eigenvalue weighted by Gasteiger charge is 2.30. The molecule has 2 N–H and O–H groups in total. The number of nitrogens with one attached hydrogen (secondary N) is 1. The van der Waals surface area contributed by atoms with Gasteiger partial charge in [0.05, 0.1) is 0 Å². The van der Waals surface area contributed by atoms with Crippen LogP contribution in [0.3, 0.4) is 0 Å². The summed E-state index contributed by atoms with van der Waals surface area (Å²) in [5.41, 5.74) is 0.240. The van der Waals surface area contributed by atoms with E-state index in [1.807, 2.05) is 0 Å². The molecule has 0 aliphatic rings. The lowest BCUT2D eigenvalue weighted by Gasteiger charge is -2.09. The first-order valence-electron chi connectivity index (χ1n) is 4.25. The van der Waals surface area contributed by atoms with E-state index >= 15 is 0 Å². The molecule has 0 bridgehead atoms. The van der Waals surface area contributed by atoms with Gasteiger partial charge >= 0.3 is 6.36 Å². The molecule has 0 saturated heterocycles. The average Bonchev–Trinajstić information content (AvgIpc) is 2.19. The summed E-state index contributed by atoms with van der Waals surface area (Å²) in [4.78, 5) is 10.9. The Bertz CT molecular complexity index is 414. The molecule has 1 aromatic rings. The summed E-state index contributed by atoms with van der Waals surface area (Å²) in [5, 5.41) is 12.8. The first-order valence-corrected chi connectivity index (χ1v) is 4.25. The minimum absolute atomic E-state index is 0.240. The van der Waals surface area contributed by atoms with Crippen LogP contribution in [0.15, 0.2) is 29.4 Å². The fourth-order valence-electron chi connectivity index (χ4n) is 0.967. The maximum Gasteiger partial charge on any atom is 0.573 e. The number of benzene rings is 1. The van der Waals surface area contributed by atoms with Gasteiger partial charge in [0.25, 0.3) is 5.91 Å². The molecule has 0 unspecified atom stereocenters. The Morgan fingerprint density at radius 3 is 2.41 bits per heavy atom. The molecule has 0 aromatic heterocycles. The third kappa shape index (κ3) is 4.87. The molecule has 0 aliphatic carbocycles. The second-order valence-corrected chi connectivity index (χ2v) is 2.81. The van der Waals surface area contributed by atoms with Gasteiger partial charge in [0.2, 0.25) is 0 Å². The van der Waals surface area contributed by atoms with E-state index in [1.54, 1.807) is 0 Å². The van der Waals surface area contributed by atoms with Crippen LogP contribution in [-0.2, 0) is 4.79 Å². The number of oxime groups is 1. The minimum Gasteiger partial charge on any atom is -0.411 e. The number of halogens is 3. The number of ether oxygens (including phenoxy) is 1. The zero-order valence-corrected chi connectivity index (χ0v) is 8.23. The van der Waals surface area contributed by atoms with Crippen LogP contribution in [0, 0.1) is 0 Å². The van der Waals surface area contributed by atoms with Gasteiger partial charge in [0.1, 0.15) is 12.0 Å². The Labute approximate surface area is 93.5 Å². The number of hydrogen-bond donors (Lipinski definition) is 2. The number of nitrogens with zero attached hydrogens (tertiary/aromatic N) is 1. The Morgan fingerprint density at radius 2 is 1.94 bits per heavy atom. The summed E-state index contributed by atoms with van der Waals surface area (Å²) < 4.78 is 39.1. The molecule has 1 amide bonds. The van der Waals surface area contributed by atoms with Gasteiger partial charge in [-0.25, -0.2) is 0 Å². The van der Waals surface area contributed by atoms with E-state index in [9.17, 15) is 18.0 Å². The van der Waals surface area contributed by atoms with Crippen LogP contribution >= 0.6 is 0 Å². The van der Waals surface area contributed by atoms with Gasteiger partial charge < -0.3 is 15.3 Å². The second-order valence-electron chi connectivity index (χ2n) is 2.81. The van der Waals surface area contributed by atoms with Crippen LogP contribution in [0.1, 0.15) is 0 Å². The van der Waals surface area contributed by atoms with E-state index in [0.29, 0.717) is 6.21 Å². The topological polar surface area (TPSA) is 70.9 Å². The van der Waals surface area contributed by atoms with Crippen molar-refractivity contribution in [1.29, 1.82) is 0 Å². The molecule has 0 spiro atoms. The average molecular weight is 248 g/mol. The highest BCUT2D eigenvalue weighted by molar-refractivity contribution is 6.31. The first-order chi connectivity index (χ1) is 7.90. The third-order valence-corrected chi connectivity index (χ3v) is 1.53. The van der Waals surface area contributed by atoms with Gasteiger partial charge in [-0.3, -0.25) is 4.79 Å². The van der Waals surface area contributed by atoms with Crippen LogP contribution < -0.4 is 10.1 Å². The van der Waals surface area contributed by atoms with E-state index in [2.05, 4.69) is 15.2 Å². The fraction of sp³-hybridized carbons (Fsp3) is 0.111. The lowest BCUT2D eigenvalue weighted by Crippen LogP contribution is -2.17. The Hall–Kier alpha value is -2.25. The van der Waals surface area contributed by atoms with Crippen molar-refractivity contribution in [3.63, 3.8) is 0 Å². The summed E-state index contributed by atoms with van der Waals surface area (Å²) in [5.74, 6) is -1.11. The van der Waals surface area contributed by atoms with Crippen molar-refractivity contribution in [2.45, 2.75) is 6.36 Å². The second kappa shape index (κ2) is 5.19. The zero-order chi connectivity index (χ0) is 12.9. The standard InChI is InChI=1S/C9H7F3N2O3/c10-9(11,12)17-7-3-1-6(2-4-7)14-8(15)5-13-16/h1-5,16H,(H,14,15). The number of carbonyl (C=O) groups excluding carboxylic acids is 1. The van der Waals surface area contributed by atoms with Crippen molar-refractivity contribution in [2.75, 3.05) is 5.32 Å². The molecule has 1 rings (SSSR count). The van der Waals surface area contributed by atoms with Gasteiger partial charge in [-0.1, -0.05) is 5.16 Å². The summed E-state index contributed by atoms with van der Waals surface area (Å²) in [7, 11) is 0. The molecule has 0 aliphatic heterocycles. The SMILES string of the molecule is O=C(C=NO)Nc1ccc(OC(F)(F)F)cc1. The van der Waals surface area contributed by atoms with Crippen LogP contribution in [0.2, 0.25) is 0 Å². The summed E-state index contributed by atoms with van der Waals surface area (Å²) in [6.07, 6.45) is -4.14. The zero-order valence-electron chi connectivity index (χ0n) is 8.23. The number of hydrogen-bond acceptors (Lipinski definition) is 4. The van der Waals surface area contributed by atoms with Crippen LogP contribution in [0.5, 0.6) is 5.75 Å². The summed E-state index contributed by atoms with van der Waals surface area (Å²) >= 11 is 0. The van der Waals surface area contributed by atoms with Crippen LogP contribution in [0.25, 0.3) is 0 Å². The van der Waals surface area contributed by atoms with Crippen LogP contribution in [0.4, 0.5) is 18.9 Å². The van der Waals surface area contributed by atoms with Gasteiger partial charge in [0, 0.05) is 5.69 Å². The van der Waals surface area contributed by atoms with Gasteiger partial charge in [-0.05, 0) is 24.3 Å². The van der Waals surface area contributed by atoms with E-state index in [1.165, 1.54) is 12.1 Å². The summed E-state index contributed by atoms with van der Waals surface area (Å²) in [6.45, 7) is 0. The van der Waals surface area contributed by atoms with Crippen molar-refractivity contribution in [1.82, 2.24) is 0 Å². The van der Waals surface area contributed by atoms with Gasteiger partial charge in [-0.15, -0.1) is 13.2 Å². The monoisotopic (exact) mass is 248 g/mol. The molecular formula is C9H7F3N2O3.